The highest BCUT2D eigenvalue weighted by atomic mass is 14.9. The van der Waals surface area contributed by atoms with Gasteiger partial charge in [-0.05, 0) is 49.3 Å². The molecule has 82 valence electrons. The van der Waals surface area contributed by atoms with Crippen LogP contribution in [0.5, 0.6) is 0 Å². The van der Waals surface area contributed by atoms with Crippen molar-refractivity contribution in [2.45, 2.75) is 33.2 Å². The van der Waals surface area contributed by atoms with Gasteiger partial charge in [-0.25, -0.2) is 0 Å². The van der Waals surface area contributed by atoms with Gasteiger partial charge in [0.25, 0.3) is 0 Å². The molecule has 1 aliphatic rings. The summed E-state index contributed by atoms with van der Waals surface area (Å²) in [6.07, 6.45) is 2.90. The Labute approximate surface area is 92.9 Å². The van der Waals surface area contributed by atoms with Crippen molar-refractivity contribution in [3.63, 3.8) is 0 Å². The van der Waals surface area contributed by atoms with Crippen LogP contribution in [0.25, 0.3) is 0 Å². The lowest BCUT2D eigenvalue weighted by Crippen LogP contribution is -2.22. The van der Waals surface area contributed by atoms with E-state index in [1.54, 1.807) is 0 Å². The third-order valence-corrected chi connectivity index (χ3v) is 3.47. The predicted octanol–water partition coefficient (Wildman–Crippen LogP) is 3.13. The molecule has 0 saturated heterocycles. The fraction of sp³-hybridized carbons (Fsp3) is 0.571. The third kappa shape index (κ3) is 3.07. The van der Waals surface area contributed by atoms with E-state index >= 15 is 0 Å². The van der Waals surface area contributed by atoms with Gasteiger partial charge in [0.05, 0.1) is 0 Å². The van der Waals surface area contributed by atoms with Crippen LogP contribution in [0.2, 0.25) is 0 Å². The van der Waals surface area contributed by atoms with Crippen LogP contribution >= 0.6 is 0 Å². The predicted molar refractivity (Wildman–Crippen MR) is 64.8 cm³/mol. The van der Waals surface area contributed by atoms with Crippen molar-refractivity contribution in [3.05, 3.63) is 35.4 Å². The highest BCUT2D eigenvalue weighted by Crippen LogP contribution is 2.36. The Bertz CT molecular complexity index is 315. The fourth-order valence-electron chi connectivity index (χ4n) is 2.07. The average Bonchev–Trinajstić information content (AvgIpc) is 3.04. The van der Waals surface area contributed by atoms with Crippen LogP contribution in [0, 0.1) is 18.8 Å². The first kappa shape index (κ1) is 10.7. The van der Waals surface area contributed by atoms with Gasteiger partial charge in [0, 0.05) is 6.54 Å². The maximum absolute atomic E-state index is 3.56. The monoisotopic (exact) mass is 203 g/mol. The van der Waals surface area contributed by atoms with Gasteiger partial charge in [0.2, 0.25) is 0 Å². The second-order valence-corrected chi connectivity index (χ2v) is 4.87. The van der Waals surface area contributed by atoms with E-state index in [9.17, 15) is 0 Å². The molecule has 0 amide bonds. The van der Waals surface area contributed by atoms with Gasteiger partial charge in [-0.1, -0.05) is 31.2 Å². The molecular weight excluding hydrogens is 182 g/mol. The fourth-order valence-corrected chi connectivity index (χ4v) is 2.07. The zero-order chi connectivity index (χ0) is 10.7. The SMILES string of the molecule is Cc1ccccc1CNCC(C)C1CC1. The van der Waals surface area contributed by atoms with Crippen molar-refractivity contribution in [2.24, 2.45) is 11.8 Å². The topological polar surface area (TPSA) is 12.0 Å². The summed E-state index contributed by atoms with van der Waals surface area (Å²) in [5.74, 6) is 1.86. The quantitative estimate of drug-likeness (QED) is 0.775. The lowest BCUT2D eigenvalue weighted by Gasteiger charge is -2.12. The minimum Gasteiger partial charge on any atom is -0.312 e. The first-order valence-corrected chi connectivity index (χ1v) is 6.02. The van der Waals surface area contributed by atoms with E-state index in [-0.39, 0.29) is 0 Å². The molecule has 1 N–H and O–H groups in total. The summed E-state index contributed by atoms with van der Waals surface area (Å²) in [7, 11) is 0. The summed E-state index contributed by atoms with van der Waals surface area (Å²) in [5.41, 5.74) is 2.82. The third-order valence-electron chi connectivity index (χ3n) is 3.47. The van der Waals surface area contributed by atoms with Gasteiger partial charge < -0.3 is 5.32 Å². The molecular formula is C14H21N. The Morgan fingerprint density at radius 2 is 2.07 bits per heavy atom. The smallest absolute Gasteiger partial charge is 0.0208 e. The van der Waals surface area contributed by atoms with Gasteiger partial charge in [-0.3, -0.25) is 0 Å². The van der Waals surface area contributed by atoms with E-state index in [1.807, 2.05) is 0 Å². The first-order chi connectivity index (χ1) is 7.27. The highest BCUT2D eigenvalue weighted by Gasteiger charge is 2.27. The number of aryl methyl sites for hydroxylation is 1. The van der Waals surface area contributed by atoms with Crippen molar-refractivity contribution in [2.75, 3.05) is 6.54 Å². The van der Waals surface area contributed by atoms with Crippen LogP contribution in [-0.4, -0.2) is 6.54 Å². The normalized spacial score (nSPS) is 17.7. The Hall–Kier alpha value is -0.820. The van der Waals surface area contributed by atoms with E-state index < -0.39 is 0 Å². The molecule has 1 heteroatoms. The zero-order valence-corrected chi connectivity index (χ0v) is 9.79. The molecule has 1 unspecified atom stereocenters. The van der Waals surface area contributed by atoms with E-state index in [2.05, 4.69) is 43.4 Å². The Balaban J connectivity index is 1.75. The van der Waals surface area contributed by atoms with Gasteiger partial charge in [-0.2, -0.15) is 0 Å². The molecule has 2 rings (SSSR count). The second-order valence-electron chi connectivity index (χ2n) is 4.87. The summed E-state index contributed by atoms with van der Waals surface area (Å²) in [6, 6.07) is 8.62. The largest absolute Gasteiger partial charge is 0.312 e. The van der Waals surface area contributed by atoms with Crippen LogP contribution in [0.3, 0.4) is 0 Å². The molecule has 0 radical (unpaired) electrons. The van der Waals surface area contributed by atoms with Gasteiger partial charge in [-0.15, -0.1) is 0 Å². The maximum Gasteiger partial charge on any atom is 0.0208 e. The molecule has 1 fully saturated rings. The summed E-state index contributed by atoms with van der Waals surface area (Å²) >= 11 is 0. The molecule has 1 aromatic rings. The zero-order valence-electron chi connectivity index (χ0n) is 9.79. The molecule has 0 aliphatic heterocycles. The van der Waals surface area contributed by atoms with Crippen molar-refractivity contribution >= 4 is 0 Å². The summed E-state index contributed by atoms with van der Waals surface area (Å²) < 4.78 is 0. The minimum atomic E-state index is 0.856. The van der Waals surface area contributed by atoms with Crippen molar-refractivity contribution in [3.8, 4) is 0 Å². The van der Waals surface area contributed by atoms with E-state index in [4.69, 9.17) is 0 Å². The molecule has 1 atom stereocenters. The molecule has 0 heterocycles. The van der Waals surface area contributed by atoms with Crippen molar-refractivity contribution in [1.29, 1.82) is 0 Å². The molecule has 1 saturated carbocycles. The molecule has 1 aromatic carbocycles. The van der Waals surface area contributed by atoms with Crippen LogP contribution in [0.1, 0.15) is 30.9 Å². The lowest BCUT2D eigenvalue weighted by molar-refractivity contribution is 0.461. The van der Waals surface area contributed by atoms with Crippen molar-refractivity contribution < 1.29 is 0 Å². The Morgan fingerprint density at radius 3 is 2.73 bits per heavy atom. The highest BCUT2D eigenvalue weighted by molar-refractivity contribution is 5.25. The van der Waals surface area contributed by atoms with Gasteiger partial charge >= 0.3 is 0 Å². The minimum absolute atomic E-state index is 0.856. The lowest BCUT2D eigenvalue weighted by atomic mass is 10.1. The average molecular weight is 203 g/mol. The standard InChI is InChI=1S/C14H21N/c1-11-5-3-4-6-14(11)10-15-9-12(2)13-7-8-13/h3-6,12-13,15H,7-10H2,1-2H3. The number of hydrogen-bond acceptors (Lipinski definition) is 1. The first-order valence-electron chi connectivity index (χ1n) is 6.02. The molecule has 1 nitrogen and oxygen atoms in total. The summed E-state index contributed by atoms with van der Waals surface area (Å²) in [4.78, 5) is 0. The number of hydrogen-bond donors (Lipinski definition) is 1. The Morgan fingerprint density at radius 1 is 1.33 bits per heavy atom. The van der Waals surface area contributed by atoms with Crippen LogP contribution in [-0.2, 0) is 6.54 Å². The number of benzene rings is 1. The Kier molecular flexibility index (Phi) is 3.42. The van der Waals surface area contributed by atoms with Crippen LogP contribution < -0.4 is 5.32 Å². The van der Waals surface area contributed by atoms with Gasteiger partial charge in [0.1, 0.15) is 0 Å². The number of nitrogens with one attached hydrogen (secondary N) is 1. The van der Waals surface area contributed by atoms with E-state index in [1.165, 1.54) is 30.5 Å². The van der Waals surface area contributed by atoms with E-state index in [0.717, 1.165) is 18.4 Å². The molecule has 1 aliphatic carbocycles. The maximum atomic E-state index is 3.56. The second kappa shape index (κ2) is 4.80. The van der Waals surface area contributed by atoms with Gasteiger partial charge in [0.15, 0.2) is 0 Å². The van der Waals surface area contributed by atoms with Crippen molar-refractivity contribution in [1.82, 2.24) is 5.32 Å². The summed E-state index contributed by atoms with van der Waals surface area (Å²) in [5, 5.41) is 3.56. The molecule has 15 heavy (non-hydrogen) atoms. The molecule has 0 aromatic heterocycles. The van der Waals surface area contributed by atoms with Crippen LogP contribution in [0.15, 0.2) is 24.3 Å². The summed E-state index contributed by atoms with van der Waals surface area (Å²) in [6.45, 7) is 6.73. The van der Waals surface area contributed by atoms with E-state index in [0.29, 0.717) is 0 Å². The number of rotatable bonds is 5. The van der Waals surface area contributed by atoms with Crippen LogP contribution in [0.4, 0.5) is 0 Å². The molecule has 0 spiro atoms. The molecule has 0 bridgehead atoms.